The summed E-state index contributed by atoms with van der Waals surface area (Å²) in [5.41, 5.74) is 0. The van der Waals surface area contributed by atoms with E-state index in [0.717, 1.165) is 0 Å². The summed E-state index contributed by atoms with van der Waals surface area (Å²) in [6.07, 6.45) is 0. The van der Waals surface area contributed by atoms with Crippen molar-refractivity contribution < 1.29 is 80.9 Å². The van der Waals surface area contributed by atoms with Gasteiger partial charge in [0, 0.05) is 0 Å². The average Bonchev–Trinajstić information content (AvgIpc) is 0. The molecule has 0 bridgehead atoms. The summed E-state index contributed by atoms with van der Waals surface area (Å²) in [6, 6.07) is 0. The van der Waals surface area contributed by atoms with Crippen LogP contribution in [0.2, 0.25) is 0 Å². The third kappa shape index (κ3) is 98.4. The average molecular weight is 240 g/mol. The minimum atomic E-state index is 0. The molecule has 7 heavy (non-hydrogen) atoms. The summed E-state index contributed by atoms with van der Waals surface area (Å²) in [5.74, 6) is 0. The first kappa shape index (κ1) is 207. The molecule has 0 fully saturated rings. The Hall–Kier alpha value is 1.53. The Labute approximate surface area is 80.3 Å². The monoisotopic (exact) mass is 240 g/mol. The fraction of sp³-hybridized carbons (Fsp3) is 0. The number of hydrogen-bond donors (Lipinski definition) is 0. The van der Waals surface area contributed by atoms with Gasteiger partial charge in [-0.05, 0) is 0 Å². The third-order valence-corrected chi connectivity index (χ3v) is 0. The van der Waals surface area contributed by atoms with Crippen molar-refractivity contribution >= 4 is 0 Å². The van der Waals surface area contributed by atoms with Gasteiger partial charge in [-0.1, -0.05) is 0 Å². The van der Waals surface area contributed by atoms with Crippen molar-refractivity contribution in [3.05, 3.63) is 0 Å². The van der Waals surface area contributed by atoms with Crippen LogP contribution in [0, 0.1) is 0 Å². The van der Waals surface area contributed by atoms with E-state index < -0.39 is 0 Å². The van der Waals surface area contributed by atoms with Crippen LogP contribution in [0.5, 0.6) is 0 Å². The van der Waals surface area contributed by atoms with E-state index in [1.165, 1.54) is 0 Å². The predicted molar refractivity (Wildman–Crippen MR) is 18.1 cm³/mol. The molecule has 10 N–H and O–H groups in total. The van der Waals surface area contributed by atoms with Gasteiger partial charge < -0.3 is 51.4 Å². The van der Waals surface area contributed by atoms with Gasteiger partial charge in [-0.15, -0.1) is 0 Å². The zero-order valence-electron chi connectivity index (χ0n) is 3.88. The van der Waals surface area contributed by atoms with Crippen LogP contribution in [0.25, 0.3) is 0 Å². The summed E-state index contributed by atoms with van der Waals surface area (Å²) in [5, 5.41) is 0. The van der Waals surface area contributed by atoms with Crippen LogP contribution in [0.1, 0.15) is 0 Å². The second kappa shape index (κ2) is 137. The van der Waals surface area contributed by atoms with Crippen LogP contribution in [-0.4, -0.2) is 27.4 Å². The molecule has 0 aromatic heterocycles. The van der Waals surface area contributed by atoms with Crippen LogP contribution in [0.3, 0.4) is 0 Å². The summed E-state index contributed by atoms with van der Waals surface area (Å²) in [4.78, 5) is 0. The summed E-state index contributed by atoms with van der Waals surface area (Å²) >= 11 is 0. The van der Waals surface area contributed by atoms with Crippen molar-refractivity contribution in [1.82, 2.24) is 0 Å². The maximum Gasteiger partial charge on any atom is 1.00 e. The van der Waals surface area contributed by atoms with Gasteiger partial charge in [0.25, 0.3) is 0 Å². The van der Waals surface area contributed by atoms with Crippen molar-refractivity contribution in [1.29, 1.82) is 0 Å². The molecule has 5 nitrogen and oxygen atoms in total. The van der Waals surface area contributed by atoms with Crippen LogP contribution < -0.4 is 53.5 Å². The van der Waals surface area contributed by atoms with Gasteiger partial charge in [0.05, 0.1) is 0 Å². The molecule has 0 aliphatic rings. The Morgan fingerprint density at radius 2 is 0.429 bits per heavy atom. The molecule has 0 aromatic rings. The molecule has 0 amide bonds. The SMILES string of the molecule is O.O.O.O.O.[I-].[Na+]. The Kier molecular flexibility index (Phi) is 4050. The van der Waals surface area contributed by atoms with E-state index in [-0.39, 0.29) is 80.9 Å². The van der Waals surface area contributed by atoms with E-state index in [0.29, 0.717) is 0 Å². The smallest absolute Gasteiger partial charge is 1.00 e. The van der Waals surface area contributed by atoms with Gasteiger partial charge in [0.15, 0.2) is 0 Å². The Balaban J connectivity index is 0. The molecule has 0 heterocycles. The largest absolute Gasteiger partial charge is 1.00 e. The van der Waals surface area contributed by atoms with Crippen LogP contribution in [-0.2, 0) is 0 Å². The summed E-state index contributed by atoms with van der Waals surface area (Å²) < 4.78 is 0. The zero-order chi connectivity index (χ0) is 0. The zero-order valence-corrected chi connectivity index (χ0v) is 8.04. The molecule has 0 rings (SSSR count). The van der Waals surface area contributed by atoms with Crippen LogP contribution >= 0.6 is 0 Å². The van der Waals surface area contributed by atoms with E-state index in [1.807, 2.05) is 0 Å². The molecule has 0 saturated heterocycles. The molecular weight excluding hydrogens is 230 g/mol. The fourth-order valence-corrected chi connectivity index (χ4v) is 0. The van der Waals surface area contributed by atoms with E-state index in [9.17, 15) is 0 Å². The topological polar surface area (TPSA) is 158 Å². The van der Waals surface area contributed by atoms with Crippen LogP contribution in [0.15, 0.2) is 0 Å². The standard InChI is InChI=1S/HI.Na.5H2O/h1H;;5*1H2/q;+1;;;;;/p-1. The van der Waals surface area contributed by atoms with Crippen molar-refractivity contribution in [3.8, 4) is 0 Å². The number of halogens is 1. The van der Waals surface area contributed by atoms with Crippen molar-refractivity contribution in [2.45, 2.75) is 0 Å². The van der Waals surface area contributed by atoms with Gasteiger partial charge in [0.2, 0.25) is 0 Å². The third-order valence-electron chi connectivity index (χ3n) is 0. The number of rotatable bonds is 0. The van der Waals surface area contributed by atoms with Crippen molar-refractivity contribution in [2.75, 3.05) is 0 Å². The minimum Gasteiger partial charge on any atom is -1.00 e. The van der Waals surface area contributed by atoms with Crippen LogP contribution in [0.4, 0.5) is 0 Å². The molecular formula is H10INaO5. The maximum atomic E-state index is 0. The first-order chi connectivity index (χ1) is 0. The first-order valence-corrected chi connectivity index (χ1v) is 0. The number of hydrogen-bond acceptors (Lipinski definition) is 0. The molecule has 0 aromatic carbocycles. The van der Waals surface area contributed by atoms with Crippen molar-refractivity contribution in [3.63, 3.8) is 0 Å². The molecule has 7 heteroatoms. The van der Waals surface area contributed by atoms with E-state index in [1.54, 1.807) is 0 Å². The quantitative estimate of drug-likeness (QED) is 0.291. The van der Waals surface area contributed by atoms with Gasteiger partial charge in [-0.2, -0.15) is 0 Å². The molecule has 48 valence electrons. The van der Waals surface area contributed by atoms with E-state index >= 15 is 0 Å². The first-order valence-electron chi connectivity index (χ1n) is 0. The molecule has 0 aliphatic carbocycles. The predicted octanol–water partition coefficient (Wildman–Crippen LogP) is -10.1. The van der Waals surface area contributed by atoms with Crippen molar-refractivity contribution in [2.24, 2.45) is 0 Å². The van der Waals surface area contributed by atoms with Gasteiger partial charge in [-0.3, -0.25) is 0 Å². The van der Waals surface area contributed by atoms with E-state index in [2.05, 4.69) is 0 Å². The minimum absolute atomic E-state index is 0. The van der Waals surface area contributed by atoms with Gasteiger partial charge in [0.1, 0.15) is 0 Å². The van der Waals surface area contributed by atoms with E-state index in [4.69, 9.17) is 0 Å². The fourth-order valence-electron chi connectivity index (χ4n) is 0. The Bertz CT molecular complexity index is 8.04. The Morgan fingerprint density at radius 1 is 0.429 bits per heavy atom. The molecule has 0 radical (unpaired) electrons. The van der Waals surface area contributed by atoms with Gasteiger partial charge in [-0.25, -0.2) is 0 Å². The molecule has 0 atom stereocenters. The normalized spacial score (nSPS) is 0. The molecule has 0 unspecified atom stereocenters. The summed E-state index contributed by atoms with van der Waals surface area (Å²) in [6.45, 7) is 0. The molecule has 0 spiro atoms. The van der Waals surface area contributed by atoms with Gasteiger partial charge >= 0.3 is 29.6 Å². The molecule has 0 aliphatic heterocycles. The molecule has 0 saturated carbocycles. The maximum absolute atomic E-state index is 0. The Morgan fingerprint density at radius 3 is 0.429 bits per heavy atom. The second-order valence-electron chi connectivity index (χ2n) is 0. The second-order valence-corrected chi connectivity index (χ2v) is 0. The summed E-state index contributed by atoms with van der Waals surface area (Å²) in [7, 11) is 0.